The molecule has 0 saturated carbocycles. The fourth-order valence-electron chi connectivity index (χ4n) is 2.48. The van der Waals surface area contributed by atoms with Crippen molar-refractivity contribution in [3.8, 4) is 16.9 Å². The van der Waals surface area contributed by atoms with Crippen molar-refractivity contribution >= 4 is 11.0 Å². The van der Waals surface area contributed by atoms with Gasteiger partial charge in [0.15, 0.2) is 0 Å². The minimum absolute atomic E-state index is 0.323. The van der Waals surface area contributed by atoms with Crippen LogP contribution in [0.25, 0.3) is 22.1 Å². The molecule has 0 aliphatic heterocycles. The maximum absolute atomic E-state index is 9.96. The topological polar surface area (TPSA) is 33.4 Å². The molecule has 0 bridgehead atoms. The zero-order chi connectivity index (χ0) is 13.2. The van der Waals surface area contributed by atoms with Crippen LogP contribution >= 0.6 is 0 Å². The van der Waals surface area contributed by atoms with Gasteiger partial charge in [0.25, 0.3) is 0 Å². The number of fused-ring (bicyclic) bond motifs is 1. The molecule has 0 aliphatic rings. The number of aromatic hydroxyl groups is 1. The first-order chi connectivity index (χ1) is 9.31. The van der Waals surface area contributed by atoms with Gasteiger partial charge < -0.3 is 9.52 Å². The van der Waals surface area contributed by atoms with Crippen LogP contribution in [0.15, 0.2) is 53.1 Å². The minimum Gasteiger partial charge on any atom is -0.508 e. The summed E-state index contributed by atoms with van der Waals surface area (Å²) in [4.78, 5) is 0. The Labute approximate surface area is 112 Å². The van der Waals surface area contributed by atoms with E-state index in [-0.39, 0.29) is 0 Å². The third-order valence-electron chi connectivity index (χ3n) is 3.41. The van der Waals surface area contributed by atoms with Crippen molar-refractivity contribution in [2.75, 3.05) is 0 Å². The highest BCUT2D eigenvalue weighted by molar-refractivity contribution is 5.96. The lowest BCUT2D eigenvalue weighted by Gasteiger charge is -2.04. The highest BCUT2D eigenvalue weighted by atomic mass is 16.3. The third kappa shape index (κ3) is 1.99. The van der Waals surface area contributed by atoms with Crippen molar-refractivity contribution in [1.82, 2.24) is 0 Å². The monoisotopic (exact) mass is 252 g/mol. The van der Waals surface area contributed by atoms with Crippen LogP contribution < -0.4 is 0 Å². The van der Waals surface area contributed by atoms with E-state index in [9.17, 15) is 5.11 Å². The molecule has 96 valence electrons. The molecule has 1 N–H and O–H groups in total. The molecule has 2 nitrogen and oxygen atoms in total. The van der Waals surface area contributed by atoms with Crippen molar-refractivity contribution in [2.24, 2.45) is 0 Å². The summed E-state index contributed by atoms with van der Waals surface area (Å²) >= 11 is 0. The first-order valence-electron chi connectivity index (χ1n) is 6.58. The molecule has 19 heavy (non-hydrogen) atoms. The van der Waals surface area contributed by atoms with Gasteiger partial charge in [-0.25, -0.2) is 0 Å². The van der Waals surface area contributed by atoms with Crippen LogP contribution in [0.5, 0.6) is 5.75 Å². The lowest BCUT2D eigenvalue weighted by Crippen LogP contribution is -1.85. The zero-order valence-electron chi connectivity index (χ0n) is 10.9. The van der Waals surface area contributed by atoms with Crippen LogP contribution in [-0.4, -0.2) is 5.11 Å². The minimum atomic E-state index is 0.323. The first kappa shape index (κ1) is 11.8. The van der Waals surface area contributed by atoms with Gasteiger partial charge in [-0.3, -0.25) is 0 Å². The fourth-order valence-corrected chi connectivity index (χ4v) is 2.48. The molecule has 0 amide bonds. The second-order valence-corrected chi connectivity index (χ2v) is 4.71. The van der Waals surface area contributed by atoms with Crippen molar-refractivity contribution in [3.63, 3.8) is 0 Å². The zero-order valence-corrected chi connectivity index (χ0v) is 10.9. The molecule has 0 atom stereocenters. The van der Waals surface area contributed by atoms with E-state index in [4.69, 9.17) is 4.42 Å². The Kier molecular flexibility index (Phi) is 3.00. The lowest BCUT2D eigenvalue weighted by atomic mass is 10.0. The average Bonchev–Trinajstić information content (AvgIpc) is 2.87. The standard InChI is InChI=1S/C17H16O2/c1-2-6-14-16(18)10-9-13-15(11-19-17(13)14)12-7-4-3-5-8-12/h3-5,7-11,18H,2,6H2,1H3. The Morgan fingerprint density at radius 1 is 1.05 bits per heavy atom. The molecule has 1 aromatic heterocycles. The van der Waals surface area contributed by atoms with Gasteiger partial charge in [-0.1, -0.05) is 43.7 Å². The summed E-state index contributed by atoms with van der Waals surface area (Å²) < 4.78 is 5.71. The second-order valence-electron chi connectivity index (χ2n) is 4.71. The number of benzene rings is 2. The van der Waals surface area contributed by atoms with E-state index < -0.39 is 0 Å². The van der Waals surface area contributed by atoms with E-state index >= 15 is 0 Å². The molecular formula is C17H16O2. The van der Waals surface area contributed by atoms with Crippen molar-refractivity contribution in [1.29, 1.82) is 0 Å². The summed E-state index contributed by atoms with van der Waals surface area (Å²) in [7, 11) is 0. The summed E-state index contributed by atoms with van der Waals surface area (Å²) in [5.41, 5.74) is 3.92. The van der Waals surface area contributed by atoms with Crippen LogP contribution in [0.3, 0.4) is 0 Å². The number of rotatable bonds is 3. The number of phenols is 1. The smallest absolute Gasteiger partial charge is 0.141 e. The van der Waals surface area contributed by atoms with Crippen LogP contribution in [0.4, 0.5) is 0 Å². The number of phenolic OH excluding ortho intramolecular Hbond substituents is 1. The van der Waals surface area contributed by atoms with Gasteiger partial charge in [0.05, 0.1) is 6.26 Å². The van der Waals surface area contributed by atoms with Gasteiger partial charge in [-0.15, -0.1) is 0 Å². The van der Waals surface area contributed by atoms with E-state index in [0.29, 0.717) is 5.75 Å². The number of hydrogen-bond acceptors (Lipinski definition) is 2. The second kappa shape index (κ2) is 4.81. The fraction of sp³-hybridized carbons (Fsp3) is 0.176. The molecule has 0 fully saturated rings. The molecule has 2 heteroatoms. The van der Waals surface area contributed by atoms with Gasteiger partial charge >= 0.3 is 0 Å². The van der Waals surface area contributed by atoms with Crippen molar-refractivity contribution in [3.05, 3.63) is 54.3 Å². The van der Waals surface area contributed by atoms with Gasteiger partial charge in [0.2, 0.25) is 0 Å². The molecular weight excluding hydrogens is 236 g/mol. The summed E-state index contributed by atoms with van der Waals surface area (Å²) in [5.74, 6) is 0.323. The Morgan fingerprint density at radius 3 is 2.58 bits per heavy atom. The molecule has 0 aliphatic carbocycles. The Balaban J connectivity index is 2.22. The van der Waals surface area contributed by atoms with Crippen LogP contribution in [-0.2, 0) is 6.42 Å². The number of furan rings is 1. The van der Waals surface area contributed by atoms with E-state index in [1.165, 1.54) is 0 Å². The summed E-state index contributed by atoms with van der Waals surface area (Å²) in [6, 6.07) is 13.8. The van der Waals surface area contributed by atoms with E-state index in [1.807, 2.05) is 24.3 Å². The maximum atomic E-state index is 9.96. The molecule has 1 heterocycles. The number of hydrogen-bond donors (Lipinski definition) is 1. The van der Waals surface area contributed by atoms with Crippen molar-refractivity contribution in [2.45, 2.75) is 19.8 Å². The van der Waals surface area contributed by atoms with Crippen LogP contribution in [0.1, 0.15) is 18.9 Å². The largest absolute Gasteiger partial charge is 0.508 e. The predicted octanol–water partition coefficient (Wildman–Crippen LogP) is 4.76. The van der Waals surface area contributed by atoms with Gasteiger partial charge in [0.1, 0.15) is 11.3 Å². The SMILES string of the molecule is CCCc1c(O)ccc2c(-c3ccccc3)coc12. The van der Waals surface area contributed by atoms with Crippen LogP contribution in [0.2, 0.25) is 0 Å². The van der Waals surface area contributed by atoms with E-state index in [1.54, 1.807) is 12.3 Å². The molecule has 3 aromatic rings. The number of aryl methyl sites for hydroxylation is 1. The van der Waals surface area contributed by atoms with Gasteiger partial charge in [-0.2, -0.15) is 0 Å². The van der Waals surface area contributed by atoms with Gasteiger partial charge in [-0.05, 0) is 24.1 Å². The van der Waals surface area contributed by atoms with E-state index in [2.05, 4.69) is 19.1 Å². The normalized spacial score (nSPS) is 11.0. The Hall–Kier alpha value is -2.22. The molecule has 3 rings (SSSR count). The highest BCUT2D eigenvalue weighted by Gasteiger charge is 2.13. The predicted molar refractivity (Wildman–Crippen MR) is 77.3 cm³/mol. The van der Waals surface area contributed by atoms with Gasteiger partial charge in [0, 0.05) is 16.5 Å². The summed E-state index contributed by atoms with van der Waals surface area (Å²) in [6.45, 7) is 2.10. The Bertz CT molecular complexity index is 696. The molecule has 2 aromatic carbocycles. The Morgan fingerprint density at radius 2 is 1.84 bits per heavy atom. The molecule has 0 radical (unpaired) electrons. The lowest BCUT2D eigenvalue weighted by molar-refractivity contribution is 0.466. The summed E-state index contributed by atoms with van der Waals surface area (Å²) in [5, 5.41) is 11.0. The molecule has 0 saturated heterocycles. The summed E-state index contributed by atoms with van der Waals surface area (Å²) in [6.07, 6.45) is 3.58. The quantitative estimate of drug-likeness (QED) is 0.729. The average molecular weight is 252 g/mol. The van der Waals surface area contributed by atoms with Crippen LogP contribution in [0, 0.1) is 0 Å². The highest BCUT2D eigenvalue weighted by Crippen LogP contribution is 2.36. The van der Waals surface area contributed by atoms with Crippen molar-refractivity contribution < 1.29 is 9.52 Å². The molecule has 0 unspecified atom stereocenters. The molecule has 0 spiro atoms. The van der Waals surface area contributed by atoms with E-state index in [0.717, 1.165) is 40.5 Å². The first-order valence-corrected chi connectivity index (χ1v) is 6.58. The maximum Gasteiger partial charge on any atom is 0.141 e. The third-order valence-corrected chi connectivity index (χ3v) is 3.41.